The molecule has 0 unspecified atom stereocenters. The molecule has 6 heteroatoms. The van der Waals surface area contributed by atoms with Crippen LogP contribution >= 0.6 is 11.3 Å². The van der Waals surface area contributed by atoms with Crippen molar-refractivity contribution in [2.45, 2.75) is 6.18 Å². The minimum Gasteiger partial charge on any atom is -0.508 e. The van der Waals surface area contributed by atoms with Crippen LogP contribution in [0.3, 0.4) is 0 Å². The van der Waals surface area contributed by atoms with Crippen LogP contribution in [0.15, 0.2) is 35.4 Å². The van der Waals surface area contributed by atoms with Gasteiger partial charge in [-0.25, -0.2) is 0 Å². The zero-order valence-corrected chi connectivity index (χ0v) is 8.68. The van der Waals surface area contributed by atoms with Gasteiger partial charge in [0, 0.05) is 11.0 Å². The van der Waals surface area contributed by atoms with Crippen LogP contribution in [0.5, 0.6) is 0 Å². The lowest BCUT2D eigenvalue weighted by molar-refractivity contribution is -0.165. The fraction of sp³-hybridized carbons (Fsp3) is 0.100. The topological polar surface area (TPSA) is 37.3 Å². The number of rotatable bonds is 3. The highest BCUT2D eigenvalue weighted by Gasteiger charge is 2.36. The van der Waals surface area contributed by atoms with Crippen LogP contribution in [0.25, 0.3) is 6.08 Å². The Morgan fingerprint density at radius 2 is 2.12 bits per heavy atom. The van der Waals surface area contributed by atoms with Crippen molar-refractivity contribution in [1.82, 2.24) is 0 Å². The van der Waals surface area contributed by atoms with Crippen molar-refractivity contribution < 1.29 is 23.1 Å². The number of aliphatic hydroxyl groups excluding tert-OH is 1. The summed E-state index contributed by atoms with van der Waals surface area (Å²) in [5.74, 6) is -2.81. The van der Waals surface area contributed by atoms with Gasteiger partial charge in [-0.3, -0.25) is 4.79 Å². The van der Waals surface area contributed by atoms with E-state index in [0.29, 0.717) is 0 Å². The minimum atomic E-state index is -4.95. The molecular weight excluding hydrogens is 241 g/mol. The van der Waals surface area contributed by atoms with Gasteiger partial charge in [-0.1, -0.05) is 6.07 Å². The van der Waals surface area contributed by atoms with Gasteiger partial charge < -0.3 is 5.11 Å². The summed E-state index contributed by atoms with van der Waals surface area (Å²) in [4.78, 5) is 11.2. The summed E-state index contributed by atoms with van der Waals surface area (Å²) >= 11 is 1.36. The van der Waals surface area contributed by atoms with E-state index in [4.69, 9.17) is 5.11 Å². The van der Waals surface area contributed by atoms with Gasteiger partial charge in [-0.15, -0.1) is 11.3 Å². The van der Waals surface area contributed by atoms with Crippen molar-refractivity contribution in [2.75, 3.05) is 0 Å². The van der Waals surface area contributed by atoms with Crippen molar-refractivity contribution >= 4 is 23.2 Å². The van der Waals surface area contributed by atoms with Crippen molar-refractivity contribution in [2.24, 2.45) is 0 Å². The summed E-state index contributed by atoms with van der Waals surface area (Å²) in [6.45, 7) is 0. The molecule has 1 aromatic rings. The smallest absolute Gasteiger partial charge is 0.454 e. The highest BCUT2D eigenvalue weighted by molar-refractivity contribution is 7.10. The van der Waals surface area contributed by atoms with Crippen LogP contribution < -0.4 is 0 Å². The third-order valence-electron chi connectivity index (χ3n) is 1.52. The molecule has 2 nitrogen and oxygen atoms in total. The first-order valence-corrected chi connectivity index (χ1v) is 5.01. The maximum absolute atomic E-state index is 11.8. The molecule has 0 aliphatic heterocycles. The Bertz CT molecular complexity index is 416. The molecule has 1 rings (SSSR count). The number of ketones is 1. The lowest BCUT2D eigenvalue weighted by atomic mass is 10.3. The molecule has 16 heavy (non-hydrogen) atoms. The standard InChI is InChI=1S/C10H7F3O2S/c11-10(12,13)9(15)6-7(14)3-4-8-2-1-5-16-8/h1-6,14H/b4-3+,7-6?. The summed E-state index contributed by atoms with van der Waals surface area (Å²) in [7, 11) is 0. The average molecular weight is 248 g/mol. The van der Waals surface area contributed by atoms with E-state index in [1.807, 2.05) is 0 Å². The number of alkyl halides is 3. The minimum absolute atomic E-state index is 0.143. The summed E-state index contributed by atoms with van der Waals surface area (Å²) in [5, 5.41) is 10.8. The SMILES string of the molecule is O=C(C=C(O)/C=C/c1cccs1)C(F)(F)F. The number of halogens is 3. The Balaban J connectivity index is 2.69. The van der Waals surface area contributed by atoms with Crippen molar-refractivity contribution in [3.63, 3.8) is 0 Å². The number of carbonyl (C=O) groups is 1. The third-order valence-corrected chi connectivity index (χ3v) is 2.36. The zero-order chi connectivity index (χ0) is 12.2. The Morgan fingerprint density at radius 1 is 1.44 bits per heavy atom. The van der Waals surface area contributed by atoms with E-state index in [-0.39, 0.29) is 6.08 Å². The second kappa shape index (κ2) is 4.98. The van der Waals surface area contributed by atoms with Crippen LogP contribution in [0.1, 0.15) is 4.88 Å². The van der Waals surface area contributed by atoms with Crippen LogP contribution in [0.2, 0.25) is 0 Å². The number of thiophene rings is 1. The van der Waals surface area contributed by atoms with Crippen LogP contribution in [-0.2, 0) is 4.79 Å². The fourth-order valence-electron chi connectivity index (χ4n) is 0.818. The summed E-state index contributed by atoms with van der Waals surface area (Å²) in [6, 6.07) is 3.48. The van der Waals surface area contributed by atoms with Gasteiger partial charge in [0.1, 0.15) is 5.76 Å². The van der Waals surface area contributed by atoms with Gasteiger partial charge in [0.15, 0.2) is 0 Å². The molecule has 0 atom stereocenters. The molecule has 0 bridgehead atoms. The quantitative estimate of drug-likeness (QED) is 0.506. The second-order valence-electron chi connectivity index (χ2n) is 2.78. The second-order valence-corrected chi connectivity index (χ2v) is 3.76. The predicted octanol–water partition coefficient (Wildman–Crippen LogP) is 3.33. The largest absolute Gasteiger partial charge is 0.508 e. The van der Waals surface area contributed by atoms with E-state index in [1.54, 1.807) is 17.5 Å². The summed E-state index contributed by atoms with van der Waals surface area (Å²) in [5.41, 5.74) is 0. The molecule has 1 aromatic heterocycles. The lowest BCUT2D eigenvalue weighted by Crippen LogP contribution is -2.20. The fourth-order valence-corrected chi connectivity index (χ4v) is 1.44. The predicted molar refractivity (Wildman–Crippen MR) is 55.1 cm³/mol. The number of aliphatic hydroxyl groups is 1. The third kappa shape index (κ3) is 3.90. The average Bonchev–Trinajstić information content (AvgIpc) is 2.65. The Hall–Kier alpha value is -1.56. The molecule has 0 aliphatic carbocycles. The number of hydrogen-bond acceptors (Lipinski definition) is 3. The van der Waals surface area contributed by atoms with Gasteiger partial charge in [-0.05, 0) is 23.6 Å². The van der Waals surface area contributed by atoms with Gasteiger partial charge >= 0.3 is 6.18 Å². The van der Waals surface area contributed by atoms with E-state index in [2.05, 4.69) is 0 Å². The van der Waals surface area contributed by atoms with E-state index in [0.717, 1.165) is 11.0 Å². The first kappa shape index (κ1) is 12.5. The zero-order valence-electron chi connectivity index (χ0n) is 7.86. The van der Waals surface area contributed by atoms with Gasteiger partial charge in [0.2, 0.25) is 0 Å². The molecule has 1 N–H and O–H groups in total. The van der Waals surface area contributed by atoms with E-state index < -0.39 is 17.7 Å². The van der Waals surface area contributed by atoms with Crippen molar-refractivity contribution in [3.05, 3.63) is 40.3 Å². The highest BCUT2D eigenvalue weighted by Crippen LogP contribution is 2.17. The molecule has 1 heterocycles. The Labute approximate surface area is 93.3 Å². The van der Waals surface area contributed by atoms with E-state index in [1.165, 1.54) is 17.4 Å². The molecule has 86 valence electrons. The van der Waals surface area contributed by atoms with Crippen LogP contribution in [0.4, 0.5) is 13.2 Å². The van der Waals surface area contributed by atoms with Gasteiger partial charge in [-0.2, -0.15) is 13.2 Å². The molecule has 0 amide bonds. The monoisotopic (exact) mass is 248 g/mol. The Morgan fingerprint density at radius 3 is 2.62 bits per heavy atom. The number of hydrogen-bond donors (Lipinski definition) is 1. The van der Waals surface area contributed by atoms with Crippen molar-refractivity contribution in [3.8, 4) is 0 Å². The summed E-state index contributed by atoms with van der Waals surface area (Å²) < 4.78 is 35.4. The Kier molecular flexibility index (Phi) is 3.89. The van der Waals surface area contributed by atoms with Gasteiger partial charge in [0.05, 0.1) is 0 Å². The first-order valence-electron chi connectivity index (χ1n) is 4.13. The van der Waals surface area contributed by atoms with E-state index in [9.17, 15) is 18.0 Å². The molecule has 0 aromatic carbocycles. The molecule has 0 fully saturated rings. The summed E-state index contributed by atoms with van der Waals surface area (Å²) in [6.07, 6.45) is -2.36. The lowest BCUT2D eigenvalue weighted by Gasteiger charge is -1.99. The molecule has 0 saturated carbocycles. The van der Waals surface area contributed by atoms with Crippen molar-refractivity contribution in [1.29, 1.82) is 0 Å². The molecular formula is C10H7F3O2S. The number of carbonyl (C=O) groups excluding carboxylic acids is 1. The normalized spacial score (nSPS) is 13.3. The molecule has 0 aliphatic rings. The molecule has 0 saturated heterocycles. The molecule has 0 spiro atoms. The molecule has 0 radical (unpaired) electrons. The highest BCUT2D eigenvalue weighted by atomic mass is 32.1. The van der Waals surface area contributed by atoms with Crippen LogP contribution in [0, 0.1) is 0 Å². The maximum Gasteiger partial charge on any atom is 0.454 e. The van der Waals surface area contributed by atoms with E-state index >= 15 is 0 Å². The number of allylic oxidation sites excluding steroid dienone is 2. The maximum atomic E-state index is 11.8. The first-order chi connectivity index (χ1) is 7.39. The van der Waals surface area contributed by atoms with Gasteiger partial charge in [0.25, 0.3) is 5.78 Å². The van der Waals surface area contributed by atoms with Crippen LogP contribution in [-0.4, -0.2) is 17.1 Å².